The van der Waals surface area contributed by atoms with E-state index in [1.807, 2.05) is 0 Å². The fourth-order valence-electron chi connectivity index (χ4n) is 3.82. The van der Waals surface area contributed by atoms with E-state index in [0.29, 0.717) is 0 Å². The molecule has 116 valence electrons. The van der Waals surface area contributed by atoms with Gasteiger partial charge in [-0.25, -0.2) is 0 Å². The number of fused-ring (bicyclic) bond motifs is 1. The zero-order chi connectivity index (χ0) is 14.5. The Kier molecular flexibility index (Phi) is 5.07. The summed E-state index contributed by atoms with van der Waals surface area (Å²) in [5.74, 6) is 2.93. The molecular weight excluding hydrogens is 260 g/mol. The molecule has 0 radical (unpaired) electrons. The van der Waals surface area contributed by atoms with E-state index in [1.165, 1.54) is 38.6 Å². The van der Waals surface area contributed by atoms with Crippen LogP contribution in [0, 0.1) is 11.8 Å². The number of anilines is 1. The minimum absolute atomic E-state index is 0.825. The summed E-state index contributed by atoms with van der Waals surface area (Å²) >= 11 is 0. The van der Waals surface area contributed by atoms with Crippen LogP contribution < -0.4 is 10.2 Å². The Morgan fingerprint density at radius 1 is 1.14 bits per heavy atom. The quantitative estimate of drug-likeness (QED) is 0.846. The van der Waals surface area contributed by atoms with Crippen LogP contribution >= 0.6 is 0 Å². The van der Waals surface area contributed by atoms with Crippen LogP contribution in [0.2, 0.25) is 0 Å². The maximum absolute atomic E-state index is 4.45. The highest BCUT2D eigenvalue weighted by Gasteiger charge is 2.31. The number of piperidine rings is 1. The van der Waals surface area contributed by atoms with Gasteiger partial charge in [-0.15, -0.1) is 5.10 Å². The third kappa shape index (κ3) is 3.73. The molecule has 4 heteroatoms. The minimum atomic E-state index is 0.825. The number of aromatic nitrogens is 2. The maximum Gasteiger partial charge on any atom is 0.151 e. The Bertz CT molecular complexity index is 431. The van der Waals surface area contributed by atoms with Crippen molar-refractivity contribution in [3.8, 4) is 0 Å². The molecule has 1 aromatic heterocycles. The van der Waals surface area contributed by atoms with Crippen molar-refractivity contribution in [2.24, 2.45) is 11.8 Å². The van der Waals surface area contributed by atoms with Gasteiger partial charge in [0, 0.05) is 19.6 Å². The highest BCUT2D eigenvalue weighted by molar-refractivity contribution is 5.38. The minimum Gasteiger partial charge on any atom is -0.355 e. The smallest absolute Gasteiger partial charge is 0.151 e. The molecule has 21 heavy (non-hydrogen) atoms. The average molecular weight is 288 g/mol. The molecule has 2 aliphatic rings. The van der Waals surface area contributed by atoms with Crippen LogP contribution in [0.1, 0.15) is 51.1 Å². The lowest BCUT2D eigenvalue weighted by atomic mass is 9.75. The molecule has 1 aliphatic heterocycles. The molecule has 1 N–H and O–H groups in total. The number of hydrogen-bond acceptors (Lipinski definition) is 4. The van der Waals surface area contributed by atoms with E-state index in [1.54, 1.807) is 0 Å². The van der Waals surface area contributed by atoms with Gasteiger partial charge < -0.3 is 10.2 Å². The zero-order valence-electron chi connectivity index (χ0n) is 13.2. The first-order chi connectivity index (χ1) is 10.4. The maximum atomic E-state index is 4.45. The molecule has 1 aliphatic carbocycles. The summed E-state index contributed by atoms with van der Waals surface area (Å²) in [7, 11) is 0. The van der Waals surface area contributed by atoms with Crippen LogP contribution in [0.3, 0.4) is 0 Å². The summed E-state index contributed by atoms with van der Waals surface area (Å²) in [6.45, 7) is 6.39. The van der Waals surface area contributed by atoms with Gasteiger partial charge in [0.15, 0.2) is 5.82 Å². The summed E-state index contributed by atoms with van der Waals surface area (Å²) in [5, 5.41) is 12.2. The van der Waals surface area contributed by atoms with Gasteiger partial charge in [-0.05, 0) is 49.8 Å². The van der Waals surface area contributed by atoms with Crippen LogP contribution in [0.4, 0.5) is 5.82 Å². The number of hydrogen-bond donors (Lipinski definition) is 1. The first-order valence-corrected chi connectivity index (χ1v) is 8.65. The number of nitrogens with zero attached hydrogens (tertiary/aromatic N) is 3. The highest BCUT2D eigenvalue weighted by atomic mass is 15.3. The lowest BCUT2D eigenvalue weighted by Gasteiger charge is -2.41. The van der Waals surface area contributed by atoms with E-state index in [9.17, 15) is 0 Å². The second kappa shape index (κ2) is 7.21. The lowest BCUT2D eigenvalue weighted by Crippen LogP contribution is -2.42. The third-order valence-electron chi connectivity index (χ3n) is 5.05. The van der Waals surface area contributed by atoms with Crippen molar-refractivity contribution in [2.75, 3.05) is 24.5 Å². The van der Waals surface area contributed by atoms with Crippen LogP contribution in [-0.2, 0) is 6.54 Å². The molecule has 2 heterocycles. The zero-order valence-corrected chi connectivity index (χ0v) is 13.2. The lowest BCUT2D eigenvalue weighted by molar-refractivity contribution is 0.202. The summed E-state index contributed by atoms with van der Waals surface area (Å²) in [6.07, 6.45) is 8.22. The first-order valence-electron chi connectivity index (χ1n) is 8.65. The topological polar surface area (TPSA) is 41.0 Å². The van der Waals surface area contributed by atoms with Crippen LogP contribution in [0.5, 0.6) is 0 Å². The SMILES string of the molecule is CCCNCc1ccc(N2CCC3CCCCC3C2)nn1. The third-order valence-corrected chi connectivity index (χ3v) is 5.05. The fourth-order valence-corrected chi connectivity index (χ4v) is 3.82. The van der Waals surface area contributed by atoms with Gasteiger partial charge >= 0.3 is 0 Å². The van der Waals surface area contributed by atoms with Crippen molar-refractivity contribution in [1.29, 1.82) is 0 Å². The molecule has 2 fully saturated rings. The second-order valence-electron chi connectivity index (χ2n) is 6.60. The second-order valence-corrected chi connectivity index (χ2v) is 6.60. The largest absolute Gasteiger partial charge is 0.355 e. The Morgan fingerprint density at radius 3 is 2.76 bits per heavy atom. The molecule has 1 saturated carbocycles. The Hall–Kier alpha value is -1.16. The Balaban J connectivity index is 1.56. The molecule has 3 rings (SSSR count). The van der Waals surface area contributed by atoms with Crippen LogP contribution in [0.25, 0.3) is 0 Å². The van der Waals surface area contributed by atoms with Crippen molar-refractivity contribution in [3.05, 3.63) is 17.8 Å². The van der Waals surface area contributed by atoms with Crippen molar-refractivity contribution in [2.45, 2.75) is 52.0 Å². The fraction of sp³-hybridized carbons (Fsp3) is 0.765. The number of rotatable bonds is 5. The van der Waals surface area contributed by atoms with Gasteiger partial charge in [-0.2, -0.15) is 5.10 Å². The van der Waals surface area contributed by atoms with E-state index in [-0.39, 0.29) is 0 Å². The molecule has 0 spiro atoms. The van der Waals surface area contributed by atoms with Crippen molar-refractivity contribution in [3.63, 3.8) is 0 Å². The normalized spacial score (nSPS) is 25.7. The molecule has 2 unspecified atom stereocenters. The standard InChI is InChI=1S/C17H28N4/c1-2-10-18-12-16-7-8-17(20-19-16)21-11-9-14-5-3-4-6-15(14)13-21/h7-8,14-15,18H,2-6,9-13H2,1H3. The Morgan fingerprint density at radius 2 is 2.00 bits per heavy atom. The summed E-state index contributed by atoms with van der Waals surface area (Å²) in [5.41, 5.74) is 1.04. The molecule has 2 atom stereocenters. The molecule has 0 bridgehead atoms. The van der Waals surface area contributed by atoms with Crippen molar-refractivity contribution >= 4 is 5.82 Å². The van der Waals surface area contributed by atoms with E-state index < -0.39 is 0 Å². The summed E-state index contributed by atoms with van der Waals surface area (Å²) < 4.78 is 0. The van der Waals surface area contributed by atoms with E-state index in [2.05, 4.69) is 39.5 Å². The van der Waals surface area contributed by atoms with Crippen LogP contribution in [0.15, 0.2) is 12.1 Å². The molecule has 0 aromatic carbocycles. The van der Waals surface area contributed by atoms with Gasteiger partial charge in [0.05, 0.1) is 5.69 Å². The predicted molar refractivity (Wildman–Crippen MR) is 86.3 cm³/mol. The molecule has 4 nitrogen and oxygen atoms in total. The van der Waals surface area contributed by atoms with E-state index in [4.69, 9.17) is 0 Å². The van der Waals surface area contributed by atoms with E-state index in [0.717, 1.165) is 49.4 Å². The first kappa shape index (κ1) is 14.8. The monoisotopic (exact) mass is 288 g/mol. The van der Waals surface area contributed by atoms with Crippen LogP contribution in [-0.4, -0.2) is 29.8 Å². The number of nitrogens with one attached hydrogen (secondary N) is 1. The Labute approximate surface area is 128 Å². The van der Waals surface area contributed by atoms with Gasteiger partial charge in [0.2, 0.25) is 0 Å². The average Bonchev–Trinajstić information content (AvgIpc) is 2.55. The van der Waals surface area contributed by atoms with Gasteiger partial charge in [-0.1, -0.05) is 26.2 Å². The van der Waals surface area contributed by atoms with Crippen molar-refractivity contribution in [1.82, 2.24) is 15.5 Å². The molecule has 1 saturated heterocycles. The molecule has 0 amide bonds. The summed E-state index contributed by atoms with van der Waals surface area (Å²) in [6, 6.07) is 4.27. The molecule has 1 aromatic rings. The van der Waals surface area contributed by atoms with E-state index >= 15 is 0 Å². The summed E-state index contributed by atoms with van der Waals surface area (Å²) in [4.78, 5) is 2.45. The van der Waals surface area contributed by atoms with Gasteiger partial charge in [-0.3, -0.25) is 0 Å². The highest BCUT2D eigenvalue weighted by Crippen LogP contribution is 2.36. The van der Waals surface area contributed by atoms with Gasteiger partial charge in [0.1, 0.15) is 0 Å². The van der Waals surface area contributed by atoms with Crippen molar-refractivity contribution < 1.29 is 0 Å². The predicted octanol–water partition coefficient (Wildman–Crippen LogP) is 2.99. The van der Waals surface area contributed by atoms with Gasteiger partial charge in [0.25, 0.3) is 0 Å². The molecular formula is C17H28N4.